The van der Waals surface area contributed by atoms with Crippen molar-refractivity contribution in [3.05, 3.63) is 78.5 Å². The normalized spacial score (nSPS) is 22.6. The van der Waals surface area contributed by atoms with Gasteiger partial charge in [0.05, 0.1) is 5.69 Å². The van der Waals surface area contributed by atoms with Crippen LogP contribution in [-0.2, 0) is 0 Å². The first-order valence-electron chi connectivity index (χ1n) is 11.5. The molecule has 0 spiro atoms. The summed E-state index contributed by atoms with van der Waals surface area (Å²) in [7, 11) is 0. The molecular formula is C28H31N. The Morgan fingerprint density at radius 1 is 0.621 bits per heavy atom. The van der Waals surface area contributed by atoms with E-state index in [2.05, 4.69) is 65.6 Å². The first kappa shape index (κ1) is 18.6. The highest BCUT2D eigenvalue weighted by Gasteiger charge is 2.32. The summed E-state index contributed by atoms with van der Waals surface area (Å²) < 4.78 is 0. The molecule has 0 amide bonds. The standard InChI is InChI=1S/C28H31N/c1-3-7-21(8-4-1)25-15-16-26(19-25)22-11-13-23(14-12-22)27-17-18-29-28(20-27)24-9-5-2-6-10-24/h2,5-6,9-14,17-18,20-21,25-26H,1,3-4,7-8,15-16,19H2. The fourth-order valence-corrected chi connectivity index (χ4v) is 5.68. The van der Waals surface area contributed by atoms with E-state index in [9.17, 15) is 0 Å². The van der Waals surface area contributed by atoms with E-state index in [1.54, 1.807) is 5.56 Å². The van der Waals surface area contributed by atoms with Crippen LogP contribution in [-0.4, -0.2) is 4.98 Å². The van der Waals surface area contributed by atoms with Crippen molar-refractivity contribution >= 4 is 0 Å². The van der Waals surface area contributed by atoms with E-state index in [1.807, 2.05) is 12.3 Å². The number of hydrogen-bond donors (Lipinski definition) is 0. The average molecular weight is 382 g/mol. The van der Waals surface area contributed by atoms with Gasteiger partial charge in [0, 0.05) is 11.8 Å². The van der Waals surface area contributed by atoms with Crippen LogP contribution in [0.1, 0.15) is 62.8 Å². The molecule has 2 aromatic carbocycles. The van der Waals surface area contributed by atoms with Gasteiger partial charge in [-0.2, -0.15) is 0 Å². The number of rotatable bonds is 4. The second kappa shape index (κ2) is 8.53. The number of aromatic nitrogens is 1. The molecule has 0 aliphatic heterocycles. The lowest BCUT2D eigenvalue weighted by atomic mass is 9.78. The molecule has 0 radical (unpaired) electrons. The van der Waals surface area contributed by atoms with Crippen molar-refractivity contribution in [2.45, 2.75) is 57.3 Å². The van der Waals surface area contributed by atoms with E-state index in [0.717, 1.165) is 23.4 Å². The molecule has 0 saturated heterocycles. The summed E-state index contributed by atoms with van der Waals surface area (Å²) in [4.78, 5) is 4.57. The minimum Gasteiger partial charge on any atom is -0.256 e. The third-order valence-corrected chi connectivity index (χ3v) is 7.33. The molecule has 1 heterocycles. The van der Waals surface area contributed by atoms with Crippen LogP contribution in [0.25, 0.3) is 22.4 Å². The zero-order valence-electron chi connectivity index (χ0n) is 17.3. The van der Waals surface area contributed by atoms with Crippen LogP contribution in [0, 0.1) is 11.8 Å². The van der Waals surface area contributed by atoms with Crippen LogP contribution >= 0.6 is 0 Å². The summed E-state index contributed by atoms with van der Waals surface area (Å²) in [5, 5.41) is 0. The predicted molar refractivity (Wildman–Crippen MR) is 122 cm³/mol. The maximum atomic E-state index is 4.57. The lowest BCUT2D eigenvalue weighted by Gasteiger charge is -2.27. The number of hydrogen-bond acceptors (Lipinski definition) is 1. The second-order valence-electron chi connectivity index (χ2n) is 9.09. The molecule has 5 rings (SSSR count). The second-order valence-corrected chi connectivity index (χ2v) is 9.09. The Labute approximate surface area is 175 Å². The molecular weight excluding hydrogens is 350 g/mol. The monoisotopic (exact) mass is 381 g/mol. The van der Waals surface area contributed by atoms with Crippen molar-refractivity contribution in [2.75, 3.05) is 0 Å². The molecule has 2 saturated carbocycles. The summed E-state index contributed by atoms with van der Waals surface area (Å²) in [5.74, 6) is 2.77. The van der Waals surface area contributed by atoms with Crippen LogP contribution < -0.4 is 0 Å². The summed E-state index contributed by atoms with van der Waals surface area (Å²) >= 11 is 0. The Kier molecular flexibility index (Phi) is 5.47. The molecule has 2 atom stereocenters. The van der Waals surface area contributed by atoms with Gasteiger partial charge >= 0.3 is 0 Å². The first-order chi connectivity index (χ1) is 14.4. The fourth-order valence-electron chi connectivity index (χ4n) is 5.68. The quantitative estimate of drug-likeness (QED) is 0.448. The summed E-state index contributed by atoms with van der Waals surface area (Å²) in [6.07, 6.45) is 13.6. The SMILES string of the molecule is c1ccc(-c2cc(-c3ccc(C4CCC(C5CCCCC5)C4)cc3)ccn2)cc1. The Morgan fingerprint density at radius 2 is 1.41 bits per heavy atom. The molecule has 1 aromatic heterocycles. The molecule has 148 valence electrons. The van der Waals surface area contributed by atoms with Gasteiger partial charge in [-0.25, -0.2) is 0 Å². The molecule has 2 aliphatic carbocycles. The molecule has 1 nitrogen and oxygen atoms in total. The van der Waals surface area contributed by atoms with E-state index in [4.69, 9.17) is 0 Å². The fraction of sp³-hybridized carbons (Fsp3) is 0.393. The zero-order chi connectivity index (χ0) is 19.5. The molecule has 2 aliphatic rings. The van der Waals surface area contributed by atoms with E-state index in [1.165, 1.54) is 68.1 Å². The largest absolute Gasteiger partial charge is 0.256 e. The Hall–Kier alpha value is -2.41. The van der Waals surface area contributed by atoms with Gasteiger partial charge in [-0.05, 0) is 65.8 Å². The van der Waals surface area contributed by atoms with Gasteiger partial charge < -0.3 is 0 Å². The van der Waals surface area contributed by atoms with Gasteiger partial charge in [-0.3, -0.25) is 4.98 Å². The van der Waals surface area contributed by atoms with Crippen molar-refractivity contribution in [3.63, 3.8) is 0 Å². The van der Waals surface area contributed by atoms with Crippen molar-refractivity contribution in [2.24, 2.45) is 11.8 Å². The molecule has 0 N–H and O–H groups in total. The van der Waals surface area contributed by atoms with Crippen molar-refractivity contribution in [1.29, 1.82) is 0 Å². The Balaban J connectivity index is 1.30. The van der Waals surface area contributed by atoms with Crippen molar-refractivity contribution in [1.82, 2.24) is 4.98 Å². The lowest BCUT2D eigenvalue weighted by Crippen LogP contribution is -2.15. The van der Waals surface area contributed by atoms with Crippen LogP contribution in [0.5, 0.6) is 0 Å². The number of benzene rings is 2. The van der Waals surface area contributed by atoms with Gasteiger partial charge in [0.1, 0.15) is 0 Å². The Morgan fingerprint density at radius 3 is 2.21 bits per heavy atom. The summed E-state index contributed by atoms with van der Waals surface area (Å²) in [5.41, 5.74) is 6.29. The lowest BCUT2D eigenvalue weighted by molar-refractivity contribution is 0.250. The van der Waals surface area contributed by atoms with E-state index in [0.29, 0.717) is 0 Å². The van der Waals surface area contributed by atoms with E-state index in [-0.39, 0.29) is 0 Å². The zero-order valence-corrected chi connectivity index (χ0v) is 17.3. The third-order valence-electron chi connectivity index (χ3n) is 7.33. The van der Waals surface area contributed by atoms with Gasteiger partial charge in [0.25, 0.3) is 0 Å². The highest BCUT2D eigenvalue weighted by molar-refractivity contribution is 5.70. The minimum absolute atomic E-state index is 0.772. The molecule has 2 unspecified atom stereocenters. The van der Waals surface area contributed by atoms with E-state index >= 15 is 0 Å². The maximum absolute atomic E-state index is 4.57. The molecule has 29 heavy (non-hydrogen) atoms. The molecule has 3 aromatic rings. The van der Waals surface area contributed by atoms with Crippen LogP contribution in [0.15, 0.2) is 72.9 Å². The summed E-state index contributed by atoms with van der Waals surface area (Å²) in [6, 6.07) is 24.2. The Bertz CT molecular complexity index is 922. The van der Waals surface area contributed by atoms with Crippen LogP contribution in [0.2, 0.25) is 0 Å². The molecule has 0 bridgehead atoms. The molecule has 1 heteroatoms. The van der Waals surface area contributed by atoms with Gasteiger partial charge in [-0.1, -0.05) is 86.7 Å². The van der Waals surface area contributed by atoms with Crippen molar-refractivity contribution < 1.29 is 0 Å². The summed E-state index contributed by atoms with van der Waals surface area (Å²) in [6.45, 7) is 0. The highest BCUT2D eigenvalue weighted by atomic mass is 14.7. The minimum atomic E-state index is 0.772. The van der Waals surface area contributed by atoms with Gasteiger partial charge in [-0.15, -0.1) is 0 Å². The smallest absolute Gasteiger partial charge is 0.0708 e. The first-order valence-corrected chi connectivity index (χ1v) is 11.5. The average Bonchev–Trinajstić information content (AvgIpc) is 3.31. The molecule has 2 fully saturated rings. The maximum Gasteiger partial charge on any atom is 0.0708 e. The van der Waals surface area contributed by atoms with Crippen LogP contribution in [0.3, 0.4) is 0 Å². The highest BCUT2D eigenvalue weighted by Crippen LogP contribution is 2.45. The number of pyridine rings is 1. The third kappa shape index (κ3) is 4.15. The van der Waals surface area contributed by atoms with E-state index < -0.39 is 0 Å². The van der Waals surface area contributed by atoms with Crippen molar-refractivity contribution in [3.8, 4) is 22.4 Å². The van der Waals surface area contributed by atoms with Gasteiger partial charge in [0.15, 0.2) is 0 Å². The van der Waals surface area contributed by atoms with Crippen LogP contribution in [0.4, 0.5) is 0 Å². The topological polar surface area (TPSA) is 12.9 Å². The number of nitrogens with zero attached hydrogens (tertiary/aromatic N) is 1. The van der Waals surface area contributed by atoms with Gasteiger partial charge in [0.2, 0.25) is 0 Å². The predicted octanol–water partition coefficient (Wildman–Crippen LogP) is 7.88.